The first kappa shape index (κ1) is 23.6. The maximum atomic E-state index is 12.8. The minimum absolute atomic E-state index is 0.329. The van der Waals surface area contributed by atoms with Crippen molar-refractivity contribution in [1.82, 2.24) is 5.43 Å². The lowest BCUT2D eigenvalue weighted by Gasteiger charge is -2.17. The van der Waals surface area contributed by atoms with Crippen molar-refractivity contribution in [3.05, 3.63) is 65.2 Å². The van der Waals surface area contributed by atoms with Gasteiger partial charge in [0.1, 0.15) is 10.7 Å². The third-order valence-electron chi connectivity index (χ3n) is 3.79. The van der Waals surface area contributed by atoms with E-state index in [9.17, 15) is 4.57 Å². The molecular formula is C21H27N2O3PS2. The van der Waals surface area contributed by atoms with E-state index in [1.54, 1.807) is 25.3 Å². The summed E-state index contributed by atoms with van der Waals surface area (Å²) in [4.78, 5) is 0.556. The van der Waals surface area contributed by atoms with Crippen molar-refractivity contribution in [2.75, 3.05) is 12.4 Å². The predicted molar refractivity (Wildman–Crippen MR) is 127 cm³/mol. The standard InChI is InChI=1S/C21H27N2O3PS2/c1-4-13-29-27(24,25-6-3)26-20-12-8-10-18(15-20)16-22-23-21(28)19-11-7-9-17(5-2)14-19/h7-12,14-16H,4-6,13H2,1-3H3,(H,23,28). The summed E-state index contributed by atoms with van der Waals surface area (Å²) in [5.74, 6) is 1.19. The number of benzene rings is 2. The van der Waals surface area contributed by atoms with Crippen molar-refractivity contribution in [3.8, 4) is 5.75 Å². The van der Waals surface area contributed by atoms with Gasteiger partial charge in [0.2, 0.25) is 0 Å². The number of nitrogens with one attached hydrogen (secondary N) is 1. The van der Waals surface area contributed by atoms with Gasteiger partial charge in [-0.3, -0.25) is 9.95 Å². The van der Waals surface area contributed by atoms with E-state index in [0.29, 0.717) is 23.1 Å². The van der Waals surface area contributed by atoms with Crippen molar-refractivity contribution in [1.29, 1.82) is 0 Å². The molecule has 8 heteroatoms. The molecular weight excluding hydrogens is 423 g/mol. The highest BCUT2D eigenvalue weighted by molar-refractivity contribution is 8.55. The Morgan fingerprint density at radius 2 is 2.00 bits per heavy atom. The Morgan fingerprint density at radius 3 is 2.72 bits per heavy atom. The van der Waals surface area contributed by atoms with Crippen LogP contribution in [-0.2, 0) is 15.5 Å². The van der Waals surface area contributed by atoms with Crippen LogP contribution in [0, 0.1) is 0 Å². The van der Waals surface area contributed by atoms with E-state index in [4.69, 9.17) is 21.3 Å². The smallest absolute Gasteiger partial charge is 0.417 e. The number of thiocarbonyl (C=S) groups is 1. The van der Waals surface area contributed by atoms with Crippen LogP contribution in [0.25, 0.3) is 0 Å². The van der Waals surface area contributed by atoms with Crippen molar-refractivity contribution >= 4 is 41.6 Å². The van der Waals surface area contributed by atoms with Crippen molar-refractivity contribution in [2.45, 2.75) is 33.6 Å². The van der Waals surface area contributed by atoms with Gasteiger partial charge in [0.15, 0.2) is 0 Å². The highest BCUT2D eigenvalue weighted by Crippen LogP contribution is 2.60. The van der Waals surface area contributed by atoms with Gasteiger partial charge < -0.3 is 4.52 Å². The number of aryl methyl sites for hydroxylation is 1. The summed E-state index contributed by atoms with van der Waals surface area (Å²) < 4.78 is 23.9. The van der Waals surface area contributed by atoms with E-state index in [2.05, 4.69) is 29.6 Å². The monoisotopic (exact) mass is 450 g/mol. The third kappa shape index (κ3) is 7.94. The Kier molecular flexibility index (Phi) is 9.88. The lowest BCUT2D eigenvalue weighted by Crippen LogP contribution is -2.16. The Balaban J connectivity index is 2.03. The molecule has 1 unspecified atom stereocenters. The van der Waals surface area contributed by atoms with E-state index in [0.717, 1.165) is 24.0 Å². The Bertz CT molecular complexity index is 890. The quantitative estimate of drug-likeness (QED) is 0.190. The van der Waals surface area contributed by atoms with Crippen LogP contribution >= 0.6 is 30.4 Å². The molecule has 0 saturated carbocycles. The zero-order chi connectivity index (χ0) is 21.1. The summed E-state index contributed by atoms with van der Waals surface area (Å²) >= 11 is 6.62. The molecule has 0 aliphatic carbocycles. The van der Waals surface area contributed by atoms with E-state index in [-0.39, 0.29) is 0 Å². The summed E-state index contributed by atoms with van der Waals surface area (Å²) in [6, 6.07) is 15.3. The van der Waals surface area contributed by atoms with Crippen LogP contribution in [0.2, 0.25) is 0 Å². The predicted octanol–water partition coefficient (Wildman–Crippen LogP) is 6.21. The number of nitrogens with zero attached hydrogens (tertiary/aromatic N) is 1. The first-order chi connectivity index (χ1) is 14.0. The summed E-state index contributed by atoms with van der Waals surface area (Å²) in [6.45, 7) is 3.03. The van der Waals surface area contributed by atoms with Gasteiger partial charge in [0.25, 0.3) is 0 Å². The second-order valence-electron chi connectivity index (χ2n) is 6.12. The molecule has 5 nitrogen and oxygen atoms in total. The first-order valence-corrected chi connectivity index (χ1v) is 13.1. The number of rotatable bonds is 11. The molecule has 0 bridgehead atoms. The summed E-state index contributed by atoms with van der Waals surface area (Å²) in [7, 11) is 0. The van der Waals surface area contributed by atoms with Crippen LogP contribution in [0.5, 0.6) is 5.75 Å². The van der Waals surface area contributed by atoms with Crippen molar-refractivity contribution < 1.29 is 13.6 Å². The minimum atomic E-state index is -3.23. The van der Waals surface area contributed by atoms with Gasteiger partial charge in [-0.1, -0.05) is 56.4 Å². The lowest BCUT2D eigenvalue weighted by atomic mass is 10.1. The average Bonchev–Trinajstić information content (AvgIpc) is 2.72. The van der Waals surface area contributed by atoms with Gasteiger partial charge in [-0.05, 0) is 60.5 Å². The molecule has 1 N–H and O–H groups in total. The lowest BCUT2D eigenvalue weighted by molar-refractivity contribution is 0.296. The van der Waals surface area contributed by atoms with Gasteiger partial charge >= 0.3 is 6.80 Å². The first-order valence-electron chi connectivity index (χ1n) is 9.60. The zero-order valence-corrected chi connectivity index (χ0v) is 19.5. The molecule has 2 aromatic carbocycles. The fourth-order valence-electron chi connectivity index (χ4n) is 2.39. The molecule has 156 valence electrons. The summed E-state index contributed by atoms with van der Waals surface area (Å²) in [5.41, 5.74) is 5.84. The highest BCUT2D eigenvalue weighted by Gasteiger charge is 2.26. The molecule has 0 aromatic heterocycles. The SMILES string of the molecule is CCCSP(=O)(OCC)Oc1cccc(C=NNC(=S)c2cccc(CC)c2)c1. The van der Waals surface area contributed by atoms with Gasteiger partial charge in [-0.15, -0.1) is 0 Å². The Morgan fingerprint density at radius 1 is 1.21 bits per heavy atom. The largest absolute Gasteiger partial charge is 0.440 e. The molecule has 29 heavy (non-hydrogen) atoms. The summed E-state index contributed by atoms with van der Waals surface area (Å²) in [6.07, 6.45) is 3.49. The maximum Gasteiger partial charge on any atom is 0.440 e. The molecule has 2 aromatic rings. The Hall–Kier alpha value is -1.66. The van der Waals surface area contributed by atoms with E-state index < -0.39 is 6.80 Å². The van der Waals surface area contributed by atoms with Crippen LogP contribution in [0.4, 0.5) is 0 Å². The maximum absolute atomic E-state index is 12.8. The van der Waals surface area contributed by atoms with E-state index >= 15 is 0 Å². The molecule has 0 amide bonds. The highest BCUT2D eigenvalue weighted by atomic mass is 32.7. The third-order valence-corrected chi connectivity index (χ3v) is 8.07. The van der Waals surface area contributed by atoms with Gasteiger partial charge in [-0.25, -0.2) is 4.57 Å². The fraction of sp³-hybridized carbons (Fsp3) is 0.333. The molecule has 0 fully saturated rings. The van der Waals surface area contributed by atoms with Crippen LogP contribution in [0.15, 0.2) is 53.6 Å². The molecule has 0 heterocycles. The minimum Gasteiger partial charge on any atom is -0.417 e. The normalized spacial score (nSPS) is 13.2. The molecule has 1 atom stereocenters. The number of hydrogen-bond acceptors (Lipinski definition) is 6. The molecule has 0 radical (unpaired) electrons. The Labute approximate surface area is 182 Å². The van der Waals surface area contributed by atoms with Crippen LogP contribution < -0.4 is 9.95 Å². The molecule has 0 aliphatic heterocycles. The van der Waals surface area contributed by atoms with Crippen molar-refractivity contribution in [3.63, 3.8) is 0 Å². The number of hydrazone groups is 1. The molecule has 0 saturated heterocycles. The molecule has 0 aliphatic rings. The molecule has 0 spiro atoms. The van der Waals surface area contributed by atoms with Gasteiger partial charge in [0, 0.05) is 11.3 Å². The number of hydrogen-bond donors (Lipinski definition) is 1. The van der Waals surface area contributed by atoms with Gasteiger partial charge in [0.05, 0.1) is 12.8 Å². The van der Waals surface area contributed by atoms with Crippen LogP contribution in [0.3, 0.4) is 0 Å². The fourth-order valence-corrected chi connectivity index (χ4v) is 6.02. The van der Waals surface area contributed by atoms with Crippen LogP contribution in [0.1, 0.15) is 43.9 Å². The second kappa shape index (κ2) is 12.1. The van der Waals surface area contributed by atoms with Crippen molar-refractivity contribution in [2.24, 2.45) is 5.10 Å². The summed E-state index contributed by atoms with van der Waals surface area (Å²) in [5, 5.41) is 4.22. The van der Waals surface area contributed by atoms with E-state index in [1.807, 2.05) is 31.2 Å². The molecule has 2 rings (SSSR count). The van der Waals surface area contributed by atoms with Gasteiger partial charge in [-0.2, -0.15) is 5.10 Å². The topological polar surface area (TPSA) is 59.9 Å². The zero-order valence-electron chi connectivity index (χ0n) is 17.0. The average molecular weight is 451 g/mol. The second-order valence-corrected chi connectivity index (χ2v) is 10.6. The van der Waals surface area contributed by atoms with E-state index in [1.165, 1.54) is 16.9 Å². The van der Waals surface area contributed by atoms with Crippen LogP contribution in [-0.4, -0.2) is 23.6 Å².